The van der Waals surface area contributed by atoms with E-state index < -0.39 is 0 Å². The van der Waals surface area contributed by atoms with Crippen molar-refractivity contribution in [1.82, 2.24) is 0 Å². The van der Waals surface area contributed by atoms with Crippen LogP contribution in [0.15, 0.2) is 0 Å². The Balaban J connectivity index is 0. The van der Waals surface area contributed by atoms with Crippen LogP contribution in [0.5, 0.6) is 0 Å². The van der Waals surface area contributed by atoms with Crippen LogP contribution >= 0.6 is 0 Å². The average molecular weight is 394 g/mol. The van der Waals surface area contributed by atoms with Crippen molar-refractivity contribution < 1.29 is 26.8 Å². The SMILES string of the molecule is CCCCCCCCCCCCCCCCC(C)[N+](C)(C)O.[Br-]. The van der Waals surface area contributed by atoms with Gasteiger partial charge in [0.05, 0.1) is 14.1 Å². The molecular formula is C20H44BrNO. The van der Waals surface area contributed by atoms with E-state index in [-0.39, 0.29) is 21.6 Å². The molecule has 23 heavy (non-hydrogen) atoms. The molecule has 0 saturated carbocycles. The number of quaternary nitrogens is 1. The molecule has 0 radical (unpaired) electrons. The zero-order chi connectivity index (χ0) is 16.7. The van der Waals surface area contributed by atoms with Crippen molar-refractivity contribution in [2.24, 2.45) is 0 Å². The predicted octanol–water partition coefficient (Wildman–Crippen LogP) is 3.72. The summed E-state index contributed by atoms with van der Waals surface area (Å²) in [5.74, 6) is 0. The third-order valence-corrected chi connectivity index (χ3v) is 5.05. The molecule has 0 bridgehead atoms. The molecule has 0 heterocycles. The topological polar surface area (TPSA) is 20.2 Å². The first kappa shape index (κ1) is 25.6. The zero-order valence-electron chi connectivity index (χ0n) is 16.5. The van der Waals surface area contributed by atoms with Crippen LogP contribution in [0.1, 0.15) is 110 Å². The van der Waals surface area contributed by atoms with Gasteiger partial charge in [-0.15, -0.1) is 0 Å². The van der Waals surface area contributed by atoms with Crippen LogP contribution in [0.4, 0.5) is 0 Å². The van der Waals surface area contributed by atoms with Crippen LogP contribution < -0.4 is 17.0 Å². The van der Waals surface area contributed by atoms with Crippen molar-refractivity contribution in [1.29, 1.82) is 0 Å². The molecule has 0 amide bonds. The molecule has 0 saturated heterocycles. The van der Waals surface area contributed by atoms with E-state index >= 15 is 0 Å². The van der Waals surface area contributed by atoms with Gasteiger partial charge in [-0.25, -0.2) is 5.21 Å². The van der Waals surface area contributed by atoms with Crippen molar-refractivity contribution in [3.63, 3.8) is 0 Å². The van der Waals surface area contributed by atoms with Crippen LogP contribution in [0, 0.1) is 0 Å². The van der Waals surface area contributed by atoms with E-state index in [0.717, 1.165) is 6.42 Å². The standard InChI is InChI=1S/C20H44NO.BrH/c1-5-6-7-8-9-10-11-12-13-14-15-16-17-18-19-20(2)21(3,4)22;/h20,22H,5-19H2,1-4H3;1H/q+1;/p-1. The number of hydroxylamine groups is 3. The van der Waals surface area contributed by atoms with Crippen LogP contribution in [0.3, 0.4) is 0 Å². The Morgan fingerprint density at radius 3 is 1.26 bits per heavy atom. The molecule has 0 fully saturated rings. The second-order valence-electron chi connectivity index (χ2n) is 7.71. The van der Waals surface area contributed by atoms with Crippen molar-refractivity contribution in [3.8, 4) is 0 Å². The second-order valence-corrected chi connectivity index (χ2v) is 7.71. The number of nitrogens with zero attached hydrogens (tertiary/aromatic N) is 1. The highest BCUT2D eigenvalue weighted by molar-refractivity contribution is 4.52. The van der Waals surface area contributed by atoms with Gasteiger partial charge in [0, 0.05) is 6.42 Å². The molecule has 142 valence electrons. The maximum Gasteiger partial charge on any atom is 0.116 e. The Hall–Kier alpha value is 0.400. The molecule has 0 aliphatic carbocycles. The van der Waals surface area contributed by atoms with E-state index in [1.165, 1.54) is 89.9 Å². The predicted molar refractivity (Wildman–Crippen MR) is 98.3 cm³/mol. The summed E-state index contributed by atoms with van der Waals surface area (Å²) in [5, 5.41) is 9.83. The van der Waals surface area contributed by atoms with E-state index in [9.17, 15) is 5.21 Å². The lowest BCUT2D eigenvalue weighted by molar-refractivity contribution is -1.09. The summed E-state index contributed by atoms with van der Waals surface area (Å²) in [7, 11) is 3.74. The van der Waals surface area contributed by atoms with Crippen LogP contribution in [0.25, 0.3) is 0 Å². The molecule has 0 aromatic carbocycles. The number of rotatable bonds is 16. The molecule has 0 rings (SSSR count). The van der Waals surface area contributed by atoms with E-state index in [2.05, 4.69) is 13.8 Å². The van der Waals surface area contributed by atoms with Crippen LogP contribution in [0.2, 0.25) is 0 Å². The molecule has 1 atom stereocenters. The van der Waals surface area contributed by atoms with Gasteiger partial charge in [0.15, 0.2) is 0 Å². The third kappa shape index (κ3) is 18.6. The number of halogens is 1. The molecule has 3 heteroatoms. The van der Waals surface area contributed by atoms with E-state index in [0.29, 0.717) is 6.04 Å². The first-order valence-electron chi connectivity index (χ1n) is 10.0. The Kier molecular flexibility index (Phi) is 19.2. The Morgan fingerprint density at radius 1 is 0.652 bits per heavy atom. The normalized spacial score (nSPS) is 12.9. The Labute approximate surface area is 157 Å². The monoisotopic (exact) mass is 393 g/mol. The highest BCUT2D eigenvalue weighted by Gasteiger charge is 2.20. The molecule has 0 aromatic rings. The van der Waals surface area contributed by atoms with Gasteiger partial charge < -0.3 is 17.0 Å². The fourth-order valence-corrected chi connectivity index (χ4v) is 2.95. The molecular weight excluding hydrogens is 350 g/mol. The van der Waals surface area contributed by atoms with Gasteiger partial charge in [-0.1, -0.05) is 90.4 Å². The van der Waals surface area contributed by atoms with Gasteiger partial charge >= 0.3 is 0 Å². The smallest absolute Gasteiger partial charge is 0.116 e. The fourth-order valence-electron chi connectivity index (χ4n) is 2.95. The quantitative estimate of drug-likeness (QED) is 0.240. The summed E-state index contributed by atoms with van der Waals surface area (Å²) in [4.78, 5) is 0. The summed E-state index contributed by atoms with van der Waals surface area (Å²) in [6, 6.07) is 0.359. The summed E-state index contributed by atoms with van der Waals surface area (Å²) in [6.45, 7) is 4.43. The first-order valence-corrected chi connectivity index (χ1v) is 10.0. The van der Waals surface area contributed by atoms with E-state index in [4.69, 9.17) is 0 Å². The van der Waals surface area contributed by atoms with E-state index in [1.54, 1.807) is 0 Å². The summed E-state index contributed by atoms with van der Waals surface area (Å²) in [6.07, 6.45) is 20.9. The third-order valence-electron chi connectivity index (χ3n) is 5.05. The van der Waals surface area contributed by atoms with Gasteiger partial charge in [-0.3, -0.25) is 0 Å². The lowest BCUT2D eigenvalue weighted by atomic mass is 10.0. The van der Waals surface area contributed by atoms with Crippen molar-refractivity contribution in [2.75, 3.05) is 14.1 Å². The molecule has 1 unspecified atom stereocenters. The molecule has 0 aromatic heterocycles. The zero-order valence-corrected chi connectivity index (χ0v) is 18.0. The van der Waals surface area contributed by atoms with Crippen molar-refractivity contribution in [3.05, 3.63) is 0 Å². The maximum absolute atomic E-state index is 9.83. The van der Waals surface area contributed by atoms with Gasteiger partial charge in [-0.2, -0.15) is 4.65 Å². The summed E-state index contributed by atoms with van der Waals surface area (Å²) in [5.41, 5.74) is 0. The van der Waals surface area contributed by atoms with E-state index in [1.807, 2.05) is 14.1 Å². The lowest BCUT2D eigenvalue weighted by Gasteiger charge is -2.27. The van der Waals surface area contributed by atoms with Gasteiger partial charge in [0.2, 0.25) is 0 Å². The Bertz CT molecular complexity index is 228. The van der Waals surface area contributed by atoms with Crippen molar-refractivity contribution >= 4 is 0 Å². The van der Waals surface area contributed by atoms with Crippen LogP contribution in [-0.4, -0.2) is 30.0 Å². The number of hydrogen-bond acceptors (Lipinski definition) is 1. The molecule has 2 nitrogen and oxygen atoms in total. The lowest BCUT2D eigenvalue weighted by Crippen LogP contribution is -3.00. The van der Waals surface area contributed by atoms with Gasteiger partial charge in [0.25, 0.3) is 0 Å². The first-order chi connectivity index (χ1) is 10.5. The highest BCUT2D eigenvalue weighted by Crippen LogP contribution is 2.15. The minimum atomic E-state index is 0. The molecule has 0 spiro atoms. The maximum atomic E-state index is 9.83. The highest BCUT2D eigenvalue weighted by atomic mass is 79.9. The average Bonchev–Trinajstić information content (AvgIpc) is 2.46. The summed E-state index contributed by atoms with van der Waals surface area (Å²) < 4.78 is 0.110. The largest absolute Gasteiger partial charge is 1.00 e. The molecule has 0 aliphatic heterocycles. The minimum absolute atomic E-state index is 0. The van der Waals surface area contributed by atoms with Crippen molar-refractivity contribution in [2.45, 2.75) is 116 Å². The fraction of sp³-hybridized carbons (Fsp3) is 1.00. The second kappa shape index (κ2) is 17.2. The minimum Gasteiger partial charge on any atom is -1.00 e. The van der Waals surface area contributed by atoms with Gasteiger partial charge in [0.1, 0.15) is 6.04 Å². The Morgan fingerprint density at radius 2 is 0.957 bits per heavy atom. The molecule has 0 aliphatic rings. The van der Waals surface area contributed by atoms with Gasteiger partial charge in [-0.05, 0) is 13.3 Å². The number of unbranched alkanes of at least 4 members (excludes halogenated alkanes) is 13. The molecule has 1 N–H and O–H groups in total. The number of hydrogen-bond donors (Lipinski definition) is 1. The van der Waals surface area contributed by atoms with Crippen LogP contribution in [-0.2, 0) is 0 Å². The summed E-state index contributed by atoms with van der Waals surface area (Å²) >= 11 is 0.